The summed E-state index contributed by atoms with van der Waals surface area (Å²) < 4.78 is 4.69. The highest BCUT2D eigenvalue weighted by Gasteiger charge is 2.21. The van der Waals surface area contributed by atoms with Crippen LogP contribution < -0.4 is 5.32 Å². The van der Waals surface area contributed by atoms with Crippen molar-refractivity contribution in [1.29, 1.82) is 0 Å². The van der Waals surface area contributed by atoms with Crippen molar-refractivity contribution in [1.82, 2.24) is 4.98 Å². The Balaban J connectivity index is 2.16. The number of methoxy groups -OCH3 is 1. The maximum atomic E-state index is 12.4. The number of nitrogens with zero attached hydrogens (tertiary/aromatic N) is 1. The molecular formula is C16H18N2O3S. The van der Waals surface area contributed by atoms with E-state index in [1.807, 2.05) is 37.3 Å². The van der Waals surface area contributed by atoms with Crippen molar-refractivity contribution in [3.05, 3.63) is 46.5 Å². The van der Waals surface area contributed by atoms with E-state index >= 15 is 0 Å². The molecule has 0 bridgehead atoms. The van der Waals surface area contributed by atoms with Gasteiger partial charge >= 0.3 is 5.97 Å². The van der Waals surface area contributed by atoms with Crippen LogP contribution in [0.4, 0.5) is 5.13 Å². The molecular weight excluding hydrogens is 300 g/mol. The van der Waals surface area contributed by atoms with Crippen molar-refractivity contribution in [3.8, 4) is 0 Å². The number of aromatic nitrogens is 1. The molecule has 0 aliphatic carbocycles. The van der Waals surface area contributed by atoms with Crippen molar-refractivity contribution in [2.45, 2.75) is 26.2 Å². The third kappa shape index (κ3) is 3.51. The molecule has 1 heterocycles. The topological polar surface area (TPSA) is 68.3 Å². The number of nitrogens with one attached hydrogen (secondary N) is 1. The van der Waals surface area contributed by atoms with Crippen molar-refractivity contribution in [2.24, 2.45) is 0 Å². The first-order valence-electron chi connectivity index (χ1n) is 6.98. The summed E-state index contributed by atoms with van der Waals surface area (Å²) in [4.78, 5) is 28.6. The van der Waals surface area contributed by atoms with E-state index in [4.69, 9.17) is 4.74 Å². The molecule has 116 valence electrons. The number of amides is 1. The average molecular weight is 318 g/mol. The fourth-order valence-corrected chi connectivity index (χ4v) is 3.07. The highest BCUT2D eigenvalue weighted by Crippen LogP contribution is 2.26. The maximum Gasteiger partial charge on any atom is 0.350 e. The van der Waals surface area contributed by atoms with Gasteiger partial charge in [0.2, 0.25) is 5.91 Å². The molecule has 0 saturated carbocycles. The van der Waals surface area contributed by atoms with Crippen LogP contribution in [0.3, 0.4) is 0 Å². The molecule has 1 N–H and O–H groups in total. The monoisotopic (exact) mass is 318 g/mol. The zero-order valence-corrected chi connectivity index (χ0v) is 13.6. The third-order valence-corrected chi connectivity index (χ3v) is 4.38. The molecule has 1 amide bonds. The van der Waals surface area contributed by atoms with E-state index < -0.39 is 5.97 Å². The number of carbonyl (C=O) groups excluding carboxylic acids is 2. The van der Waals surface area contributed by atoms with E-state index in [0.29, 0.717) is 22.1 Å². The summed E-state index contributed by atoms with van der Waals surface area (Å²) in [5.41, 5.74) is 1.52. The van der Waals surface area contributed by atoms with Crippen LogP contribution in [0.15, 0.2) is 30.3 Å². The van der Waals surface area contributed by atoms with E-state index in [-0.39, 0.29) is 11.8 Å². The number of hydrogen-bond acceptors (Lipinski definition) is 5. The van der Waals surface area contributed by atoms with Gasteiger partial charge in [0.05, 0.1) is 18.7 Å². The van der Waals surface area contributed by atoms with Gasteiger partial charge in [-0.1, -0.05) is 48.6 Å². The second-order valence-corrected chi connectivity index (χ2v) is 5.78. The largest absolute Gasteiger partial charge is 0.465 e. The van der Waals surface area contributed by atoms with Crippen LogP contribution in [0.25, 0.3) is 0 Å². The fraction of sp³-hybridized carbons (Fsp3) is 0.312. The second-order valence-electron chi connectivity index (χ2n) is 4.79. The predicted molar refractivity (Wildman–Crippen MR) is 86.3 cm³/mol. The standard InChI is InChI=1S/C16H18N2O3S/c1-4-12(11-8-6-5-7-9-11)14(19)18-16-17-10(2)13(22-16)15(20)21-3/h5-9,12H,4H2,1-3H3,(H,17,18,19)/t12-/m1/s1. The molecule has 2 aromatic rings. The Morgan fingerprint density at radius 3 is 2.59 bits per heavy atom. The zero-order valence-electron chi connectivity index (χ0n) is 12.8. The van der Waals surface area contributed by atoms with Gasteiger partial charge < -0.3 is 10.1 Å². The van der Waals surface area contributed by atoms with E-state index in [1.54, 1.807) is 6.92 Å². The first-order valence-corrected chi connectivity index (χ1v) is 7.80. The third-order valence-electron chi connectivity index (χ3n) is 3.32. The van der Waals surface area contributed by atoms with Crippen molar-refractivity contribution >= 4 is 28.3 Å². The number of anilines is 1. The first-order chi connectivity index (χ1) is 10.6. The summed E-state index contributed by atoms with van der Waals surface area (Å²) in [5.74, 6) is -0.809. The number of esters is 1. The molecule has 0 fully saturated rings. The number of hydrogen-bond donors (Lipinski definition) is 1. The van der Waals surface area contributed by atoms with Crippen molar-refractivity contribution < 1.29 is 14.3 Å². The number of benzene rings is 1. The van der Waals surface area contributed by atoms with Gasteiger partial charge in [-0.15, -0.1) is 0 Å². The Morgan fingerprint density at radius 1 is 1.32 bits per heavy atom. The Labute approximate surface area is 133 Å². The summed E-state index contributed by atoms with van der Waals surface area (Å²) in [7, 11) is 1.32. The molecule has 0 aliphatic heterocycles. The first kappa shape index (κ1) is 16.2. The molecule has 6 heteroatoms. The minimum absolute atomic E-state index is 0.126. The molecule has 0 unspecified atom stereocenters. The van der Waals surface area contributed by atoms with Gasteiger partial charge in [-0.05, 0) is 18.9 Å². The number of aryl methyl sites for hydroxylation is 1. The lowest BCUT2D eigenvalue weighted by Crippen LogP contribution is -2.20. The molecule has 0 saturated heterocycles. The molecule has 2 rings (SSSR count). The van der Waals surface area contributed by atoms with Gasteiger partial charge in [-0.25, -0.2) is 9.78 Å². The molecule has 0 aliphatic rings. The quantitative estimate of drug-likeness (QED) is 0.858. The molecule has 0 radical (unpaired) electrons. The van der Waals surface area contributed by atoms with Crippen LogP contribution in [0, 0.1) is 6.92 Å². The second kappa shape index (κ2) is 7.17. The Kier molecular flexibility index (Phi) is 5.27. The smallest absolute Gasteiger partial charge is 0.350 e. The fourth-order valence-electron chi connectivity index (χ4n) is 2.18. The Hall–Kier alpha value is -2.21. The number of rotatable bonds is 5. The van der Waals surface area contributed by atoms with Crippen LogP contribution >= 0.6 is 11.3 Å². The van der Waals surface area contributed by atoms with Gasteiger partial charge in [-0.2, -0.15) is 0 Å². The van der Waals surface area contributed by atoms with Crippen LogP contribution in [0.5, 0.6) is 0 Å². The summed E-state index contributed by atoms with van der Waals surface area (Å²) in [5, 5.41) is 3.21. The average Bonchev–Trinajstić information content (AvgIpc) is 2.88. The maximum absolute atomic E-state index is 12.4. The number of ether oxygens (including phenoxy) is 1. The van der Waals surface area contributed by atoms with Gasteiger partial charge in [0.15, 0.2) is 5.13 Å². The number of carbonyl (C=O) groups is 2. The molecule has 22 heavy (non-hydrogen) atoms. The van der Waals surface area contributed by atoms with E-state index in [1.165, 1.54) is 7.11 Å². The minimum atomic E-state index is -0.439. The number of thiazole rings is 1. The molecule has 1 aromatic carbocycles. The van der Waals surface area contributed by atoms with Crippen LogP contribution in [0.1, 0.15) is 40.2 Å². The normalized spacial score (nSPS) is 11.8. The van der Waals surface area contributed by atoms with Gasteiger partial charge in [0, 0.05) is 0 Å². The summed E-state index contributed by atoms with van der Waals surface area (Å²) in [6.45, 7) is 3.68. The SMILES string of the molecule is CC[C@@H](C(=O)Nc1nc(C)c(C(=O)OC)s1)c1ccccc1. The van der Waals surface area contributed by atoms with Crippen LogP contribution in [-0.2, 0) is 9.53 Å². The van der Waals surface area contributed by atoms with E-state index in [9.17, 15) is 9.59 Å². The zero-order chi connectivity index (χ0) is 16.1. The molecule has 1 atom stereocenters. The van der Waals surface area contributed by atoms with Crippen LogP contribution in [0.2, 0.25) is 0 Å². The van der Waals surface area contributed by atoms with Gasteiger partial charge in [0.1, 0.15) is 4.88 Å². The predicted octanol–water partition coefficient (Wildman–Crippen LogP) is 3.37. The highest BCUT2D eigenvalue weighted by molar-refractivity contribution is 7.17. The van der Waals surface area contributed by atoms with Gasteiger partial charge in [-0.3, -0.25) is 4.79 Å². The van der Waals surface area contributed by atoms with E-state index in [2.05, 4.69) is 10.3 Å². The summed E-state index contributed by atoms with van der Waals surface area (Å²) in [6.07, 6.45) is 0.685. The lowest BCUT2D eigenvalue weighted by Gasteiger charge is -2.13. The van der Waals surface area contributed by atoms with Crippen LogP contribution in [-0.4, -0.2) is 24.0 Å². The minimum Gasteiger partial charge on any atom is -0.465 e. The molecule has 1 aromatic heterocycles. The summed E-state index contributed by atoms with van der Waals surface area (Å²) in [6, 6.07) is 9.60. The Morgan fingerprint density at radius 2 is 2.00 bits per heavy atom. The molecule has 5 nitrogen and oxygen atoms in total. The highest BCUT2D eigenvalue weighted by atomic mass is 32.1. The van der Waals surface area contributed by atoms with Crippen molar-refractivity contribution in [2.75, 3.05) is 12.4 Å². The summed E-state index contributed by atoms with van der Waals surface area (Å²) >= 11 is 1.13. The lowest BCUT2D eigenvalue weighted by atomic mass is 9.96. The molecule has 0 spiro atoms. The van der Waals surface area contributed by atoms with Gasteiger partial charge in [0.25, 0.3) is 0 Å². The van der Waals surface area contributed by atoms with Crippen molar-refractivity contribution in [3.63, 3.8) is 0 Å². The van der Waals surface area contributed by atoms with E-state index in [0.717, 1.165) is 16.9 Å². The Bertz CT molecular complexity index is 667. The lowest BCUT2D eigenvalue weighted by molar-refractivity contribution is -0.117.